The van der Waals surface area contributed by atoms with Crippen molar-refractivity contribution < 1.29 is 14.6 Å². The number of hydrogen-bond acceptors (Lipinski definition) is 5. The van der Waals surface area contributed by atoms with Gasteiger partial charge < -0.3 is 9.84 Å². The van der Waals surface area contributed by atoms with E-state index in [0.29, 0.717) is 19.6 Å². The Kier molecular flexibility index (Phi) is 5.56. The monoisotopic (exact) mass is 331 g/mol. The molecular formula is C18H21NO3S. The van der Waals surface area contributed by atoms with Gasteiger partial charge in [-0.05, 0) is 22.6 Å². The summed E-state index contributed by atoms with van der Waals surface area (Å²) in [5.41, 5.74) is 2.11. The van der Waals surface area contributed by atoms with Crippen LogP contribution in [0.2, 0.25) is 0 Å². The number of ketones is 1. The third kappa shape index (κ3) is 4.26. The number of benzene rings is 1. The van der Waals surface area contributed by atoms with Gasteiger partial charge in [-0.25, -0.2) is 0 Å². The fourth-order valence-corrected chi connectivity index (χ4v) is 3.50. The summed E-state index contributed by atoms with van der Waals surface area (Å²) >= 11 is 1.50. The maximum atomic E-state index is 12.4. The molecule has 1 atom stereocenters. The molecule has 0 bridgehead atoms. The number of aliphatic hydroxyl groups is 1. The van der Waals surface area contributed by atoms with E-state index in [2.05, 4.69) is 4.90 Å². The molecule has 1 aromatic carbocycles. The van der Waals surface area contributed by atoms with Crippen molar-refractivity contribution in [2.24, 2.45) is 0 Å². The van der Waals surface area contributed by atoms with Crippen molar-refractivity contribution in [1.82, 2.24) is 4.90 Å². The van der Waals surface area contributed by atoms with Gasteiger partial charge in [-0.1, -0.05) is 30.3 Å². The number of ether oxygens (including phenoxy) is 1. The molecule has 1 unspecified atom stereocenters. The van der Waals surface area contributed by atoms with Crippen LogP contribution in [0.25, 0.3) is 0 Å². The van der Waals surface area contributed by atoms with Crippen molar-refractivity contribution in [3.05, 3.63) is 57.8 Å². The van der Waals surface area contributed by atoms with Crippen molar-refractivity contribution >= 4 is 17.1 Å². The van der Waals surface area contributed by atoms with E-state index in [9.17, 15) is 4.79 Å². The second-order valence-electron chi connectivity index (χ2n) is 5.78. The fourth-order valence-electron chi connectivity index (χ4n) is 2.82. The first-order valence-corrected chi connectivity index (χ1v) is 8.71. The van der Waals surface area contributed by atoms with Crippen LogP contribution in [-0.4, -0.2) is 41.6 Å². The zero-order chi connectivity index (χ0) is 16.1. The molecule has 1 N–H and O–H groups in total. The second kappa shape index (κ2) is 7.84. The normalized spacial score (nSPS) is 18.9. The van der Waals surface area contributed by atoms with E-state index < -0.39 is 0 Å². The summed E-state index contributed by atoms with van der Waals surface area (Å²) in [4.78, 5) is 15.5. The Balaban J connectivity index is 1.64. The molecule has 1 fully saturated rings. The van der Waals surface area contributed by atoms with E-state index in [4.69, 9.17) is 9.84 Å². The van der Waals surface area contributed by atoms with E-state index in [1.807, 2.05) is 41.8 Å². The molecule has 2 aromatic rings. The molecule has 23 heavy (non-hydrogen) atoms. The molecule has 122 valence electrons. The van der Waals surface area contributed by atoms with Gasteiger partial charge in [-0.15, -0.1) is 11.3 Å². The number of aliphatic hydroxyl groups excluding tert-OH is 1. The molecule has 2 heterocycles. The predicted octanol–water partition coefficient (Wildman–Crippen LogP) is 2.71. The number of Topliss-reactive ketones (excluding diaryl/α,β-unsaturated/α-hetero) is 1. The van der Waals surface area contributed by atoms with Crippen molar-refractivity contribution in [2.75, 3.05) is 19.8 Å². The molecule has 0 radical (unpaired) electrons. The largest absolute Gasteiger partial charge is 0.392 e. The Morgan fingerprint density at radius 3 is 2.74 bits per heavy atom. The lowest BCUT2D eigenvalue weighted by atomic mass is 10.1. The van der Waals surface area contributed by atoms with Gasteiger partial charge in [0.05, 0.1) is 24.7 Å². The van der Waals surface area contributed by atoms with Gasteiger partial charge in [0.1, 0.15) is 0 Å². The van der Waals surface area contributed by atoms with Gasteiger partial charge in [0, 0.05) is 25.6 Å². The predicted molar refractivity (Wildman–Crippen MR) is 90.6 cm³/mol. The van der Waals surface area contributed by atoms with E-state index in [0.717, 1.165) is 23.5 Å². The molecule has 1 saturated heterocycles. The minimum Gasteiger partial charge on any atom is -0.392 e. The van der Waals surface area contributed by atoms with Crippen LogP contribution in [0.1, 0.15) is 27.2 Å². The third-order valence-electron chi connectivity index (χ3n) is 4.16. The highest BCUT2D eigenvalue weighted by Crippen LogP contribution is 2.19. The minimum absolute atomic E-state index is 0.0653. The van der Waals surface area contributed by atoms with Gasteiger partial charge >= 0.3 is 0 Å². The number of carbonyl (C=O) groups is 1. The molecule has 0 spiro atoms. The first kappa shape index (κ1) is 16.3. The van der Waals surface area contributed by atoms with Crippen LogP contribution in [0, 0.1) is 0 Å². The Labute approximate surface area is 140 Å². The summed E-state index contributed by atoms with van der Waals surface area (Å²) in [5, 5.41) is 11.1. The third-order valence-corrected chi connectivity index (χ3v) is 5.07. The molecule has 5 heteroatoms. The van der Waals surface area contributed by atoms with Crippen molar-refractivity contribution in [2.45, 2.75) is 25.6 Å². The quantitative estimate of drug-likeness (QED) is 0.827. The Hall–Kier alpha value is -1.53. The maximum absolute atomic E-state index is 12.4. The molecule has 0 saturated carbocycles. The van der Waals surface area contributed by atoms with E-state index in [-0.39, 0.29) is 18.4 Å². The zero-order valence-electron chi connectivity index (χ0n) is 13.0. The summed E-state index contributed by atoms with van der Waals surface area (Å²) in [5.74, 6) is 0.191. The van der Waals surface area contributed by atoms with Gasteiger partial charge in [0.2, 0.25) is 0 Å². The number of morpholine rings is 1. The number of thiophene rings is 1. The van der Waals surface area contributed by atoms with Gasteiger partial charge in [0.25, 0.3) is 0 Å². The molecule has 3 rings (SSSR count). The van der Waals surface area contributed by atoms with Gasteiger partial charge in [-0.3, -0.25) is 9.69 Å². The lowest BCUT2D eigenvalue weighted by Crippen LogP contribution is -2.45. The lowest BCUT2D eigenvalue weighted by Gasteiger charge is -2.35. The number of rotatable bonds is 6. The highest BCUT2D eigenvalue weighted by molar-refractivity contribution is 7.12. The Morgan fingerprint density at radius 2 is 2.04 bits per heavy atom. The number of carbonyl (C=O) groups excluding carboxylic acids is 1. The van der Waals surface area contributed by atoms with Gasteiger partial charge in [0.15, 0.2) is 5.78 Å². The fraction of sp³-hybridized carbons (Fsp3) is 0.389. The van der Waals surface area contributed by atoms with Crippen molar-refractivity contribution in [3.8, 4) is 0 Å². The number of hydrogen-bond donors (Lipinski definition) is 1. The smallest absolute Gasteiger partial charge is 0.174 e. The van der Waals surface area contributed by atoms with E-state index in [1.165, 1.54) is 16.9 Å². The van der Waals surface area contributed by atoms with E-state index in [1.54, 1.807) is 0 Å². The molecule has 0 aliphatic carbocycles. The highest BCUT2D eigenvalue weighted by Gasteiger charge is 2.26. The molecule has 1 aliphatic heterocycles. The van der Waals surface area contributed by atoms with Crippen LogP contribution in [0.15, 0.2) is 41.8 Å². The summed E-state index contributed by atoms with van der Waals surface area (Å²) in [6.45, 7) is 3.02. The summed E-state index contributed by atoms with van der Waals surface area (Å²) < 4.78 is 5.58. The summed E-state index contributed by atoms with van der Waals surface area (Å²) in [6.07, 6.45) is 0.495. The SMILES string of the molecule is O=C(CC1COCCN1Cc1ccc(CO)cc1)c1cccs1. The van der Waals surface area contributed by atoms with Crippen LogP contribution < -0.4 is 0 Å². The summed E-state index contributed by atoms with van der Waals surface area (Å²) in [7, 11) is 0. The molecule has 4 nitrogen and oxygen atoms in total. The second-order valence-corrected chi connectivity index (χ2v) is 6.73. The van der Waals surface area contributed by atoms with Crippen molar-refractivity contribution in [1.29, 1.82) is 0 Å². The van der Waals surface area contributed by atoms with Gasteiger partial charge in [-0.2, -0.15) is 0 Å². The lowest BCUT2D eigenvalue weighted by molar-refractivity contribution is -0.0125. The van der Waals surface area contributed by atoms with Crippen LogP contribution in [-0.2, 0) is 17.9 Å². The van der Waals surface area contributed by atoms with Crippen LogP contribution in [0.4, 0.5) is 0 Å². The van der Waals surface area contributed by atoms with Crippen LogP contribution in [0.3, 0.4) is 0 Å². The molecular weight excluding hydrogens is 310 g/mol. The standard InChI is InChI=1S/C18H21NO3S/c20-12-15-5-3-14(4-6-15)11-19-7-8-22-13-16(19)10-17(21)18-2-1-9-23-18/h1-6,9,16,20H,7-8,10-13H2. The first-order valence-electron chi connectivity index (χ1n) is 7.83. The van der Waals surface area contributed by atoms with Crippen LogP contribution in [0.5, 0.6) is 0 Å². The minimum atomic E-state index is 0.0653. The molecule has 1 aromatic heterocycles. The highest BCUT2D eigenvalue weighted by atomic mass is 32.1. The topological polar surface area (TPSA) is 49.8 Å². The summed E-state index contributed by atoms with van der Waals surface area (Å²) in [6, 6.07) is 11.9. The van der Waals surface area contributed by atoms with Crippen molar-refractivity contribution in [3.63, 3.8) is 0 Å². The average molecular weight is 331 g/mol. The maximum Gasteiger partial charge on any atom is 0.174 e. The Bertz CT molecular complexity index is 624. The Morgan fingerprint density at radius 1 is 1.26 bits per heavy atom. The van der Waals surface area contributed by atoms with Crippen LogP contribution >= 0.6 is 11.3 Å². The number of nitrogens with zero attached hydrogens (tertiary/aromatic N) is 1. The average Bonchev–Trinajstić information content (AvgIpc) is 3.12. The zero-order valence-corrected chi connectivity index (χ0v) is 13.8. The van der Waals surface area contributed by atoms with E-state index >= 15 is 0 Å². The first-order chi connectivity index (χ1) is 11.3. The molecule has 1 aliphatic rings. The molecule has 0 amide bonds.